The van der Waals surface area contributed by atoms with E-state index in [2.05, 4.69) is 56.5 Å². The van der Waals surface area contributed by atoms with Crippen molar-refractivity contribution in [2.24, 2.45) is 0 Å². The van der Waals surface area contributed by atoms with Crippen LogP contribution < -0.4 is 4.74 Å². The van der Waals surface area contributed by atoms with Gasteiger partial charge in [-0.1, -0.05) is 20.8 Å². The lowest BCUT2D eigenvalue weighted by Crippen LogP contribution is -2.41. The predicted octanol–water partition coefficient (Wildman–Crippen LogP) is 4.60. The minimum absolute atomic E-state index is 0.0377. The highest BCUT2D eigenvalue weighted by molar-refractivity contribution is 14.1. The quantitative estimate of drug-likeness (QED) is 0.221. The molecular formula is C14H22INO4Si. The predicted molar refractivity (Wildman–Crippen MR) is 94.5 cm³/mol. The van der Waals surface area contributed by atoms with Gasteiger partial charge < -0.3 is 9.16 Å². The van der Waals surface area contributed by atoms with Crippen LogP contribution in [0.1, 0.15) is 20.8 Å². The third kappa shape index (κ3) is 5.22. The van der Waals surface area contributed by atoms with Crippen LogP contribution >= 0.6 is 22.6 Å². The summed E-state index contributed by atoms with van der Waals surface area (Å²) >= 11 is 2.10. The van der Waals surface area contributed by atoms with Gasteiger partial charge in [-0.2, -0.15) is 0 Å². The smallest absolute Gasteiger partial charge is 0.273 e. The fraction of sp³-hybridized carbons (Fsp3) is 0.571. The maximum absolute atomic E-state index is 10.8. The normalized spacial score (nSPS) is 12.3. The number of nitro benzene ring substituents is 1. The van der Waals surface area contributed by atoms with E-state index in [1.165, 1.54) is 12.1 Å². The first kappa shape index (κ1) is 18.4. The average Bonchev–Trinajstić information content (AvgIpc) is 2.34. The van der Waals surface area contributed by atoms with Gasteiger partial charge in [0, 0.05) is 6.07 Å². The van der Waals surface area contributed by atoms with Crippen molar-refractivity contribution in [3.63, 3.8) is 0 Å². The number of nitrogens with zero attached hydrogens (tertiary/aromatic N) is 1. The maximum Gasteiger partial charge on any atom is 0.273 e. The van der Waals surface area contributed by atoms with Crippen molar-refractivity contribution in [2.45, 2.75) is 38.9 Å². The van der Waals surface area contributed by atoms with Crippen LogP contribution in [-0.2, 0) is 4.43 Å². The molecule has 0 saturated carbocycles. The van der Waals surface area contributed by atoms with E-state index in [-0.39, 0.29) is 10.7 Å². The Hall–Kier alpha value is -0.673. The lowest BCUT2D eigenvalue weighted by Gasteiger charge is -2.36. The Balaban J connectivity index is 2.57. The van der Waals surface area contributed by atoms with Crippen molar-refractivity contribution in [2.75, 3.05) is 13.2 Å². The molecule has 0 fully saturated rings. The summed E-state index contributed by atoms with van der Waals surface area (Å²) in [5, 5.41) is 10.9. The Morgan fingerprint density at radius 2 is 1.90 bits per heavy atom. The molecule has 0 radical (unpaired) electrons. The molecule has 0 aliphatic heterocycles. The highest BCUT2D eigenvalue weighted by Gasteiger charge is 2.36. The van der Waals surface area contributed by atoms with Gasteiger partial charge in [0.25, 0.3) is 5.69 Å². The number of benzene rings is 1. The summed E-state index contributed by atoms with van der Waals surface area (Å²) in [6.45, 7) is 11.8. The molecule has 0 aliphatic carbocycles. The Kier molecular flexibility index (Phi) is 6.18. The standard InChI is InChI=1S/C14H22INO4Si/c1-14(2,3)21(4,5)20-9-8-19-13-10-11(16(17)18)6-7-12(13)15/h6-7,10H,8-9H2,1-5H3. The summed E-state index contributed by atoms with van der Waals surface area (Å²) in [5.74, 6) is 0.531. The molecule has 0 atom stereocenters. The van der Waals surface area contributed by atoms with Gasteiger partial charge in [0.15, 0.2) is 8.32 Å². The first-order valence-corrected chi connectivity index (χ1v) is 10.7. The molecule has 0 unspecified atom stereocenters. The number of halogens is 1. The molecule has 5 nitrogen and oxygen atoms in total. The molecule has 1 aromatic rings. The highest BCUT2D eigenvalue weighted by Crippen LogP contribution is 2.36. The summed E-state index contributed by atoms with van der Waals surface area (Å²) in [6, 6.07) is 4.61. The second-order valence-electron chi connectivity index (χ2n) is 6.33. The zero-order valence-corrected chi connectivity index (χ0v) is 16.3. The van der Waals surface area contributed by atoms with Gasteiger partial charge in [0.1, 0.15) is 12.4 Å². The lowest BCUT2D eigenvalue weighted by molar-refractivity contribution is -0.385. The van der Waals surface area contributed by atoms with Crippen LogP contribution in [-0.4, -0.2) is 26.5 Å². The van der Waals surface area contributed by atoms with Crippen molar-refractivity contribution in [3.8, 4) is 5.75 Å². The van der Waals surface area contributed by atoms with Crippen molar-refractivity contribution in [3.05, 3.63) is 31.9 Å². The summed E-state index contributed by atoms with van der Waals surface area (Å²) in [6.07, 6.45) is 0. The Labute approximate surface area is 140 Å². The van der Waals surface area contributed by atoms with E-state index in [0.717, 1.165) is 3.57 Å². The molecule has 0 bridgehead atoms. The average molecular weight is 423 g/mol. The van der Waals surface area contributed by atoms with Crippen LogP contribution in [0.15, 0.2) is 18.2 Å². The molecule has 0 heterocycles. The fourth-order valence-electron chi connectivity index (χ4n) is 1.38. The zero-order valence-electron chi connectivity index (χ0n) is 13.1. The zero-order chi connectivity index (χ0) is 16.3. The Bertz CT molecular complexity index is 514. The van der Waals surface area contributed by atoms with Gasteiger partial charge in [-0.15, -0.1) is 0 Å². The second-order valence-corrected chi connectivity index (χ2v) is 12.3. The Morgan fingerprint density at radius 3 is 2.43 bits per heavy atom. The van der Waals surface area contributed by atoms with Gasteiger partial charge in [0.2, 0.25) is 0 Å². The number of rotatable bonds is 6. The molecular weight excluding hydrogens is 401 g/mol. The van der Waals surface area contributed by atoms with Gasteiger partial charge in [0.05, 0.1) is 21.2 Å². The summed E-state index contributed by atoms with van der Waals surface area (Å²) < 4.78 is 12.5. The fourth-order valence-corrected chi connectivity index (χ4v) is 2.90. The monoisotopic (exact) mass is 423 g/mol. The molecule has 0 aromatic heterocycles. The molecule has 0 spiro atoms. The van der Waals surface area contributed by atoms with Crippen LogP contribution in [0.2, 0.25) is 18.1 Å². The van der Waals surface area contributed by atoms with Crippen molar-refractivity contribution in [1.29, 1.82) is 0 Å². The van der Waals surface area contributed by atoms with Crippen LogP contribution in [0.5, 0.6) is 5.75 Å². The van der Waals surface area contributed by atoms with Gasteiger partial charge in [-0.05, 0) is 46.8 Å². The lowest BCUT2D eigenvalue weighted by atomic mass is 10.2. The van der Waals surface area contributed by atoms with Crippen molar-refractivity contribution in [1.82, 2.24) is 0 Å². The molecule has 1 aromatic carbocycles. The number of non-ortho nitro benzene ring substituents is 1. The van der Waals surface area contributed by atoms with Crippen LogP contribution in [0, 0.1) is 13.7 Å². The van der Waals surface area contributed by atoms with Crippen molar-refractivity contribution >= 4 is 36.6 Å². The summed E-state index contributed by atoms with van der Waals surface area (Å²) in [4.78, 5) is 10.3. The van der Waals surface area contributed by atoms with E-state index >= 15 is 0 Å². The third-order valence-electron chi connectivity index (χ3n) is 3.74. The molecule has 7 heteroatoms. The number of nitro groups is 1. The largest absolute Gasteiger partial charge is 0.490 e. The minimum atomic E-state index is -1.78. The maximum atomic E-state index is 10.8. The van der Waals surface area contributed by atoms with E-state index in [0.29, 0.717) is 19.0 Å². The first-order valence-electron chi connectivity index (χ1n) is 6.75. The van der Waals surface area contributed by atoms with Crippen LogP contribution in [0.3, 0.4) is 0 Å². The number of hydrogen-bond donors (Lipinski definition) is 0. The second kappa shape index (κ2) is 7.06. The number of ether oxygens (including phenoxy) is 1. The number of hydrogen-bond acceptors (Lipinski definition) is 4. The van der Waals surface area contributed by atoms with E-state index in [9.17, 15) is 10.1 Å². The van der Waals surface area contributed by atoms with Crippen LogP contribution in [0.25, 0.3) is 0 Å². The molecule has 0 saturated heterocycles. The highest BCUT2D eigenvalue weighted by atomic mass is 127. The summed E-state index contributed by atoms with van der Waals surface area (Å²) in [7, 11) is -1.78. The Morgan fingerprint density at radius 1 is 1.29 bits per heavy atom. The summed E-state index contributed by atoms with van der Waals surface area (Å²) in [5.41, 5.74) is 0.0377. The third-order valence-corrected chi connectivity index (χ3v) is 9.16. The van der Waals surface area contributed by atoms with E-state index in [1.807, 2.05) is 0 Å². The van der Waals surface area contributed by atoms with Crippen LogP contribution in [0.4, 0.5) is 5.69 Å². The molecule has 0 aliphatic rings. The molecule has 0 N–H and O–H groups in total. The first-order chi connectivity index (χ1) is 9.54. The SMILES string of the molecule is CC(C)(C)[Si](C)(C)OCCOc1cc([N+](=O)[O-])ccc1I. The van der Waals surface area contributed by atoms with E-state index in [1.54, 1.807) is 6.07 Å². The van der Waals surface area contributed by atoms with E-state index < -0.39 is 13.2 Å². The van der Waals surface area contributed by atoms with Gasteiger partial charge in [-0.25, -0.2) is 0 Å². The molecule has 21 heavy (non-hydrogen) atoms. The van der Waals surface area contributed by atoms with E-state index in [4.69, 9.17) is 9.16 Å². The molecule has 1 rings (SSSR count). The van der Waals surface area contributed by atoms with Gasteiger partial charge in [-0.3, -0.25) is 10.1 Å². The molecule has 0 amide bonds. The molecule has 118 valence electrons. The minimum Gasteiger partial charge on any atom is -0.490 e. The van der Waals surface area contributed by atoms with Crippen molar-refractivity contribution < 1.29 is 14.1 Å². The topological polar surface area (TPSA) is 61.6 Å². The van der Waals surface area contributed by atoms with Gasteiger partial charge >= 0.3 is 0 Å².